The largest absolute Gasteiger partial charge is 0.480 e. The Labute approximate surface area is 296 Å². The van der Waals surface area contributed by atoms with Crippen LogP contribution < -0.4 is 11.1 Å². The summed E-state index contributed by atoms with van der Waals surface area (Å²) in [5, 5.41) is 11.9. The molecular formula is C41H78N2O5. The van der Waals surface area contributed by atoms with E-state index in [-0.39, 0.29) is 18.0 Å². The van der Waals surface area contributed by atoms with Gasteiger partial charge in [-0.15, -0.1) is 0 Å². The topological polar surface area (TPSA) is 119 Å². The summed E-state index contributed by atoms with van der Waals surface area (Å²) in [4.78, 5) is 36.2. The summed E-state index contributed by atoms with van der Waals surface area (Å²) in [6.07, 6.45) is 38.2. The number of nitrogens with two attached hydrogens (primary N) is 1. The number of carbonyl (C=O) groups is 3. The van der Waals surface area contributed by atoms with Crippen LogP contribution in [0.1, 0.15) is 213 Å². The lowest BCUT2D eigenvalue weighted by Crippen LogP contribution is -2.40. The zero-order chi connectivity index (χ0) is 35.3. The molecule has 0 aromatic heterocycles. The maximum atomic E-state index is 12.7. The molecule has 0 aliphatic carbocycles. The smallest absolute Gasteiger partial charge is 0.326 e. The predicted octanol–water partition coefficient (Wildman–Crippen LogP) is 11.1. The number of carboxylic acid groups (broad SMARTS) is 1. The van der Waals surface area contributed by atoms with Crippen molar-refractivity contribution in [2.75, 3.05) is 6.54 Å². The van der Waals surface area contributed by atoms with Crippen molar-refractivity contribution < 1.29 is 24.2 Å². The minimum atomic E-state index is -1.00. The van der Waals surface area contributed by atoms with Crippen LogP contribution in [-0.4, -0.2) is 41.6 Å². The number of rotatable bonds is 37. The first-order chi connectivity index (χ1) is 23.4. The standard InChI is InChI=1S/C41H78N2O5/c1-3-5-7-9-11-13-15-17-19-22-26-31-37(48-40(45)35-29-25-20-18-16-14-12-10-8-6-4-2)32-27-23-21-24-28-34-39(44)43-38(41(46)47)33-30-36-42/h10,12,37-38H,3-9,11,13-36,42H2,1-2H3,(H,43,44)(H,46,47)/b12-10-. The molecule has 0 spiro atoms. The molecule has 7 heteroatoms. The summed E-state index contributed by atoms with van der Waals surface area (Å²) < 4.78 is 6.02. The van der Waals surface area contributed by atoms with Gasteiger partial charge >= 0.3 is 11.9 Å². The number of nitrogens with one attached hydrogen (secondary N) is 1. The van der Waals surface area contributed by atoms with Gasteiger partial charge in [0.25, 0.3) is 0 Å². The maximum Gasteiger partial charge on any atom is 0.326 e. The highest BCUT2D eigenvalue weighted by atomic mass is 16.5. The van der Waals surface area contributed by atoms with E-state index in [0.29, 0.717) is 32.2 Å². The van der Waals surface area contributed by atoms with Crippen LogP contribution in [0.5, 0.6) is 0 Å². The highest BCUT2D eigenvalue weighted by Crippen LogP contribution is 2.19. The lowest BCUT2D eigenvalue weighted by Gasteiger charge is -2.18. The minimum Gasteiger partial charge on any atom is -0.480 e. The van der Waals surface area contributed by atoms with E-state index in [1.165, 1.54) is 109 Å². The molecule has 48 heavy (non-hydrogen) atoms. The molecule has 282 valence electrons. The molecule has 0 saturated heterocycles. The number of ether oxygens (including phenoxy) is 1. The van der Waals surface area contributed by atoms with Gasteiger partial charge in [0.05, 0.1) is 0 Å². The number of amides is 1. The number of unbranched alkanes of at least 4 members (excludes halogenated alkanes) is 21. The van der Waals surface area contributed by atoms with Gasteiger partial charge in [-0.3, -0.25) is 9.59 Å². The van der Waals surface area contributed by atoms with Crippen LogP contribution in [0.2, 0.25) is 0 Å². The second-order valence-electron chi connectivity index (χ2n) is 14.1. The van der Waals surface area contributed by atoms with E-state index in [9.17, 15) is 19.5 Å². The van der Waals surface area contributed by atoms with E-state index in [1.54, 1.807) is 0 Å². The number of hydrogen-bond acceptors (Lipinski definition) is 5. The fourth-order valence-corrected chi connectivity index (χ4v) is 6.20. The van der Waals surface area contributed by atoms with Gasteiger partial charge in [-0.05, 0) is 77.2 Å². The molecule has 2 atom stereocenters. The molecular weight excluding hydrogens is 600 g/mol. The average molecular weight is 679 g/mol. The van der Waals surface area contributed by atoms with Gasteiger partial charge in [0.1, 0.15) is 12.1 Å². The Hall–Kier alpha value is -1.89. The quantitative estimate of drug-likeness (QED) is 0.0342. The zero-order valence-corrected chi connectivity index (χ0v) is 31.6. The van der Waals surface area contributed by atoms with E-state index in [2.05, 4.69) is 31.3 Å². The number of carboxylic acids is 1. The molecule has 0 saturated carbocycles. The first kappa shape index (κ1) is 46.1. The molecule has 4 N–H and O–H groups in total. The minimum absolute atomic E-state index is 0.0165. The fraction of sp³-hybridized carbons (Fsp3) is 0.878. The number of carbonyl (C=O) groups excluding carboxylic acids is 2. The Balaban J connectivity index is 4.31. The SMILES string of the molecule is CCCC/C=C\CCCCCCCC(=O)OC(CCCCCCCCCCCCC)CCCCCCCC(=O)NC(CCCN)C(=O)O. The van der Waals surface area contributed by atoms with Crippen LogP contribution in [0, 0.1) is 0 Å². The highest BCUT2D eigenvalue weighted by molar-refractivity contribution is 5.83. The monoisotopic (exact) mass is 679 g/mol. The molecule has 0 aromatic rings. The van der Waals surface area contributed by atoms with Crippen LogP contribution in [0.4, 0.5) is 0 Å². The third-order valence-electron chi connectivity index (χ3n) is 9.33. The number of allylic oxidation sites excluding steroid dienone is 2. The first-order valence-corrected chi connectivity index (χ1v) is 20.5. The van der Waals surface area contributed by atoms with Gasteiger partial charge in [-0.1, -0.05) is 142 Å². The molecule has 0 heterocycles. The van der Waals surface area contributed by atoms with Crippen molar-refractivity contribution in [3.05, 3.63) is 12.2 Å². The Morgan fingerprint density at radius 1 is 0.583 bits per heavy atom. The average Bonchev–Trinajstić information content (AvgIpc) is 3.07. The maximum absolute atomic E-state index is 12.7. The second kappa shape index (κ2) is 36.4. The van der Waals surface area contributed by atoms with E-state index in [1.807, 2.05) is 0 Å². The molecule has 0 fully saturated rings. The van der Waals surface area contributed by atoms with Crippen molar-refractivity contribution >= 4 is 17.8 Å². The van der Waals surface area contributed by atoms with Crippen LogP contribution >= 0.6 is 0 Å². The third kappa shape index (κ3) is 32.6. The summed E-state index contributed by atoms with van der Waals surface area (Å²) in [5.41, 5.74) is 5.48. The summed E-state index contributed by atoms with van der Waals surface area (Å²) in [6, 6.07) is -0.853. The van der Waals surface area contributed by atoms with Crippen molar-refractivity contribution in [1.82, 2.24) is 5.32 Å². The van der Waals surface area contributed by atoms with E-state index in [0.717, 1.165) is 64.2 Å². The molecule has 0 aliphatic heterocycles. The third-order valence-corrected chi connectivity index (χ3v) is 9.33. The number of aliphatic carboxylic acids is 1. The summed E-state index contributed by atoms with van der Waals surface area (Å²) in [5.74, 6) is -1.23. The molecule has 0 aromatic carbocycles. The van der Waals surface area contributed by atoms with Crippen molar-refractivity contribution in [2.45, 2.75) is 225 Å². The lowest BCUT2D eigenvalue weighted by molar-refractivity contribution is -0.150. The van der Waals surface area contributed by atoms with Gasteiger partial charge in [0.2, 0.25) is 5.91 Å². The first-order valence-electron chi connectivity index (χ1n) is 20.5. The summed E-state index contributed by atoms with van der Waals surface area (Å²) in [7, 11) is 0. The summed E-state index contributed by atoms with van der Waals surface area (Å²) >= 11 is 0. The van der Waals surface area contributed by atoms with Gasteiger partial charge < -0.3 is 20.9 Å². The van der Waals surface area contributed by atoms with Crippen molar-refractivity contribution in [3.8, 4) is 0 Å². The van der Waals surface area contributed by atoms with Crippen LogP contribution in [-0.2, 0) is 19.1 Å². The Morgan fingerprint density at radius 2 is 1.04 bits per heavy atom. The molecule has 1 amide bonds. The van der Waals surface area contributed by atoms with Crippen LogP contribution in [0.3, 0.4) is 0 Å². The molecule has 2 unspecified atom stereocenters. The van der Waals surface area contributed by atoms with Crippen molar-refractivity contribution in [1.29, 1.82) is 0 Å². The molecule has 0 radical (unpaired) electrons. The molecule has 0 rings (SSSR count). The highest BCUT2D eigenvalue weighted by Gasteiger charge is 2.19. The van der Waals surface area contributed by atoms with Crippen LogP contribution in [0.25, 0.3) is 0 Å². The normalized spacial score (nSPS) is 12.7. The Kier molecular flexibility index (Phi) is 35.0. The predicted molar refractivity (Wildman–Crippen MR) is 202 cm³/mol. The van der Waals surface area contributed by atoms with Crippen LogP contribution in [0.15, 0.2) is 12.2 Å². The molecule has 0 aliphatic rings. The second-order valence-corrected chi connectivity index (χ2v) is 14.1. The van der Waals surface area contributed by atoms with E-state index < -0.39 is 12.0 Å². The van der Waals surface area contributed by atoms with Gasteiger partial charge in [-0.25, -0.2) is 4.79 Å². The van der Waals surface area contributed by atoms with Gasteiger partial charge in [0.15, 0.2) is 0 Å². The van der Waals surface area contributed by atoms with E-state index >= 15 is 0 Å². The molecule has 0 bridgehead atoms. The number of esters is 1. The summed E-state index contributed by atoms with van der Waals surface area (Å²) in [6.45, 7) is 4.91. The Morgan fingerprint density at radius 3 is 1.56 bits per heavy atom. The van der Waals surface area contributed by atoms with Crippen molar-refractivity contribution in [2.24, 2.45) is 5.73 Å². The number of hydrogen-bond donors (Lipinski definition) is 3. The fourth-order valence-electron chi connectivity index (χ4n) is 6.20. The van der Waals surface area contributed by atoms with Gasteiger partial charge in [-0.2, -0.15) is 0 Å². The lowest BCUT2D eigenvalue weighted by atomic mass is 10.0. The van der Waals surface area contributed by atoms with Crippen molar-refractivity contribution in [3.63, 3.8) is 0 Å². The Bertz CT molecular complexity index is 772. The van der Waals surface area contributed by atoms with E-state index in [4.69, 9.17) is 10.5 Å². The van der Waals surface area contributed by atoms with Gasteiger partial charge in [0, 0.05) is 12.8 Å². The zero-order valence-electron chi connectivity index (χ0n) is 31.6. The molecule has 7 nitrogen and oxygen atoms in total.